The molecule has 1 atom stereocenters. The first kappa shape index (κ1) is 36.0. The quantitative estimate of drug-likeness (QED) is 0.213. The predicted octanol–water partition coefficient (Wildman–Crippen LogP) is 6.92. The van der Waals surface area contributed by atoms with E-state index in [1.807, 2.05) is 53.3 Å². The summed E-state index contributed by atoms with van der Waals surface area (Å²) in [6.07, 6.45) is 4.52. The maximum absolute atomic E-state index is 13.6. The Bertz CT molecular complexity index is 1810. The van der Waals surface area contributed by atoms with Crippen molar-refractivity contribution >= 4 is 23.7 Å². The average molecular weight is 699 g/mol. The highest BCUT2D eigenvalue weighted by Crippen LogP contribution is 2.41. The molecule has 3 aromatic carbocycles. The number of piperazine rings is 1. The van der Waals surface area contributed by atoms with E-state index in [4.69, 9.17) is 28.7 Å². The molecule has 3 heterocycles. The Hall–Kier alpha value is -4.77. The minimum atomic E-state index is -0.575. The van der Waals surface area contributed by atoms with Gasteiger partial charge in [0.2, 0.25) is 0 Å². The van der Waals surface area contributed by atoms with Crippen LogP contribution in [0, 0.1) is 6.92 Å². The van der Waals surface area contributed by atoms with E-state index in [0.29, 0.717) is 70.8 Å². The summed E-state index contributed by atoms with van der Waals surface area (Å²) >= 11 is 0. The molecule has 3 aromatic rings. The van der Waals surface area contributed by atoms with E-state index in [-0.39, 0.29) is 23.4 Å². The first-order valence-electron chi connectivity index (χ1n) is 17.6. The predicted molar refractivity (Wildman–Crippen MR) is 197 cm³/mol. The molecule has 11 nitrogen and oxygen atoms in total. The SMILES string of the molecule is COc1ccc(Oc2ccc(C(=O)N3CCN(C(C)(C)CC(C)(C)Oc4cc5c(cc4OC)C(=O)N4CCCC4C=N5)CC3)cc2C)cc1OC. The highest BCUT2D eigenvalue weighted by Gasteiger charge is 2.38. The summed E-state index contributed by atoms with van der Waals surface area (Å²) in [6.45, 7) is 14.0. The summed E-state index contributed by atoms with van der Waals surface area (Å²) in [6, 6.07) is 14.6. The largest absolute Gasteiger partial charge is 0.493 e. The molecule has 0 bridgehead atoms. The Kier molecular flexibility index (Phi) is 10.2. The third-order valence-electron chi connectivity index (χ3n) is 10.1. The van der Waals surface area contributed by atoms with Gasteiger partial charge in [-0.25, -0.2) is 0 Å². The van der Waals surface area contributed by atoms with Gasteiger partial charge in [0.15, 0.2) is 23.0 Å². The van der Waals surface area contributed by atoms with Crippen molar-refractivity contribution in [1.82, 2.24) is 14.7 Å². The Morgan fingerprint density at radius 3 is 2.20 bits per heavy atom. The minimum Gasteiger partial charge on any atom is -0.493 e. The number of benzene rings is 3. The summed E-state index contributed by atoms with van der Waals surface area (Å²) in [7, 11) is 4.77. The van der Waals surface area contributed by atoms with E-state index in [9.17, 15) is 9.59 Å². The second-order valence-electron chi connectivity index (χ2n) is 14.7. The molecule has 3 aliphatic heterocycles. The van der Waals surface area contributed by atoms with Crippen LogP contribution in [-0.2, 0) is 0 Å². The van der Waals surface area contributed by atoms with Crippen molar-refractivity contribution < 1.29 is 33.3 Å². The van der Waals surface area contributed by atoms with Gasteiger partial charge in [-0.1, -0.05) is 0 Å². The fourth-order valence-corrected chi connectivity index (χ4v) is 7.68. The monoisotopic (exact) mass is 698 g/mol. The lowest BCUT2D eigenvalue weighted by Gasteiger charge is -2.47. The van der Waals surface area contributed by atoms with Crippen molar-refractivity contribution in [3.63, 3.8) is 0 Å². The summed E-state index contributed by atoms with van der Waals surface area (Å²) in [5.74, 6) is 3.56. The molecule has 0 saturated carbocycles. The number of nitrogens with zero attached hydrogens (tertiary/aromatic N) is 4. The number of hydrogen-bond donors (Lipinski definition) is 0. The number of ether oxygens (including phenoxy) is 5. The number of amides is 2. The first-order valence-corrected chi connectivity index (χ1v) is 17.6. The number of fused-ring (bicyclic) bond motifs is 2. The van der Waals surface area contributed by atoms with E-state index >= 15 is 0 Å². The lowest BCUT2D eigenvalue weighted by atomic mass is 9.87. The number of carbonyl (C=O) groups excluding carboxylic acids is 2. The van der Waals surface area contributed by atoms with Crippen molar-refractivity contribution in [2.75, 3.05) is 54.1 Å². The van der Waals surface area contributed by atoms with Crippen molar-refractivity contribution in [3.8, 4) is 34.5 Å². The molecule has 2 fully saturated rings. The fourth-order valence-electron chi connectivity index (χ4n) is 7.68. The van der Waals surface area contributed by atoms with Gasteiger partial charge >= 0.3 is 0 Å². The van der Waals surface area contributed by atoms with Crippen LogP contribution in [0.3, 0.4) is 0 Å². The van der Waals surface area contributed by atoms with E-state index < -0.39 is 5.60 Å². The Balaban J connectivity index is 1.07. The molecular formula is C40H50N4O7. The number of aryl methyl sites for hydroxylation is 1. The Morgan fingerprint density at radius 1 is 0.824 bits per heavy atom. The first-order chi connectivity index (χ1) is 24.3. The molecule has 3 aliphatic rings. The third-order valence-corrected chi connectivity index (χ3v) is 10.1. The van der Waals surface area contributed by atoms with Gasteiger partial charge in [0.25, 0.3) is 11.8 Å². The number of carbonyl (C=O) groups is 2. The molecule has 2 amide bonds. The molecule has 0 N–H and O–H groups in total. The van der Waals surface area contributed by atoms with Gasteiger partial charge in [0.05, 0.1) is 38.6 Å². The van der Waals surface area contributed by atoms with Crippen molar-refractivity contribution in [2.45, 2.75) is 71.1 Å². The van der Waals surface area contributed by atoms with E-state index in [1.165, 1.54) is 0 Å². The van der Waals surface area contributed by atoms with Crippen LogP contribution in [0.15, 0.2) is 53.5 Å². The molecular weight excluding hydrogens is 648 g/mol. The summed E-state index contributed by atoms with van der Waals surface area (Å²) in [4.78, 5) is 37.9. The topological polar surface area (TPSA) is 102 Å². The molecule has 0 aromatic heterocycles. The maximum atomic E-state index is 13.6. The molecule has 2 saturated heterocycles. The van der Waals surface area contributed by atoms with Crippen molar-refractivity contribution in [3.05, 3.63) is 65.2 Å². The van der Waals surface area contributed by atoms with Gasteiger partial charge in [-0.05, 0) is 89.4 Å². The zero-order chi connectivity index (χ0) is 36.5. The summed E-state index contributed by atoms with van der Waals surface area (Å²) in [5.41, 5.74) is 1.85. The number of hydrogen-bond acceptors (Lipinski definition) is 9. The number of rotatable bonds is 11. The van der Waals surface area contributed by atoms with Crippen LogP contribution < -0.4 is 23.7 Å². The van der Waals surface area contributed by atoms with Crippen LogP contribution >= 0.6 is 0 Å². The van der Waals surface area contributed by atoms with Crippen LogP contribution in [0.4, 0.5) is 5.69 Å². The average Bonchev–Trinajstić information content (AvgIpc) is 3.54. The molecule has 0 spiro atoms. The maximum Gasteiger partial charge on any atom is 0.256 e. The van der Waals surface area contributed by atoms with Crippen molar-refractivity contribution in [1.29, 1.82) is 0 Å². The zero-order valence-corrected chi connectivity index (χ0v) is 31.1. The molecule has 51 heavy (non-hydrogen) atoms. The summed E-state index contributed by atoms with van der Waals surface area (Å²) in [5, 5.41) is 0. The van der Waals surface area contributed by atoms with Crippen LogP contribution in [0.5, 0.6) is 34.5 Å². The third kappa shape index (κ3) is 7.63. The normalized spacial score (nSPS) is 17.8. The molecule has 272 valence electrons. The molecule has 11 heteroatoms. The van der Waals surface area contributed by atoms with Crippen LogP contribution in [0.25, 0.3) is 0 Å². The standard InChI is InChI=1S/C40H50N4O7/c1-26-20-27(11-13-32(26)50-29-12-14-33(47-6)34(21-29)48-7)37(45)42-16-18-43(19-17-42)39(2,3)25-40(4,5)51-36-23-31-30(22-35(36)49-8)38(46)44-15-9-10-28(44)24-41-31/h11-14,20-24,28H,9-10,15-19,25H2,1-8H3. The van der Waals surface area contributed by atoms with Crippen LogP contribution in [0.1, 0.15) is 73.2 Å². The van der Waals surface area contributed by atoms with Crippen LogP contribution in [-0.4, -0.2) is 104 Å². The van der Waals surface area contributed by atoms with Crippen LogP contribution in [0.2, 0.25) is 0 Å². The molecule has 6 rings (SSSR count). The van der Waals surface area contributed by atoms with E-state index in [2.05, 4.69) is 32.6 Å². The molecule has 1 unspecified atom stereocenters. The van der Waals surface area contributed by atoms with Gasteiger partial charge in [-0.15, -0.1) is 0 Å². The van der Waals surface area contributed by atoms with E-state index in [1.54, 1.807) is 39.5 Å². The smallest absolute Gasteiger partial charge is 0.256 e. The van der Waals surface area contributed by atoms with Gasteiger partial charge in [0, 0.05) is 68.6 Å². The van der Waals surface area contributed by atoms with Gasteiger partial charge in [-0.3, -0.25) is 19.5 Å². The van der Waals surface area contributed by atoms with Gasteiger partial charge in [-0.2, -0.15) is 0 Å². The van der Waals surface area contributed by atoms with E-state index in [0.717, 1.165) is 38.0 Å². The second-order valence-corrected chi connectivity index (χ2v) is 14.7. The van der Waals surface area contributed by atoms with Gasteiger partial charge in [0.1, 0.15) is 17.1 Å². The van der Waals surface area contributed by atoms with Crippen molar-refractivity contribution in [2.24, 2.45) is 4.99 Å². The second kappa shape index (κ2) is 14.5. The Morgan fingerprint density at radius 2 is 1.51 bits per heavy atom. The van der Waals surface area contributed by atoms with Gasteiger partial charge < -0.3 is 33.5 Å². The molecule has 0 aliphatic carbocycles. The minimum absolute atomic E-state index is 0.00811. The Labute approximate surface area is 301 Å². The lowest BCUT2D eigenvalue weighted by molar-refractivity contribution is -0.00471. The summed E-state index contributed by atoms with van der Waals surface area (Å²) < 4.78 is 29.2. The number of methoxy groups -OCH3 is 3. The highest BCUT2D eigenvalue weighted by molar-refractivity contribution is 6.03. The number of aliphatic imine (C=N–C) groups is 1. The molecule has 0 radical (unpaired) electrons. The fraction of sp³-hybridized carbons (Fsp3) is 0.475. The zero-order valence-electron chi connectivity index (χ0n) is 31.1. The highest BCUT2D eigenvalue weighted by atomic mass is 16.5. The lowest BCUT2D eigenvalue weighted by Crippen LogP contribution is -2.57.